The van der Waals surface area contributed by atoms with Gasteiger partial charge in [-0.3, -0.25) is 14.5 Å². The molecule has 6 heterocycles. The average Bonchev–Trinajstić information content (AvgIpc) is 3.70. The third-order valence-corrected chi connectivity index (χ3v) is 10.3. The molecule has 2 aromatic carbocycles. The summed E-state index contributed by atoms with van der Waals surface area (Å²) in [4.78, 5) is 32.8. The fourth-order valence-corrected chi connectivity index (χ4v) is 8.41. The molecule has 0 saturated carbocycles. The largest absolute Gasteiger partial charge is 0.508 e. The van der Waals surface area contributed by atoms with E-state index in [2.05, 4.69) is 27.2 Å². The molecule has 244 valence electrons. The molecule has 13 heteroatoms. The fourth-order valence-electron chi connectivity index (χ4n) is 7.26. The molecule has 8 rings (SSSR count). The summed E-state index contributed by atoms with van der Waals surface area (Å²) in [6.07, 6.45) is 5.87. The maximum Gasteiger partial charge on any atom is 0.319 e. The molecule has 0 aliphatic carbocycles. The summed E-state index contributed by atoms with van der Waals surface area (Å²) >= 11 is 1.71. The predicted octanol–water partition coefficient (Wildman–Crippen LogP) is 4.19. The Labute approximate surface area is 270 Å². The summed E-state index contributed by atoms with van der Waals surface area (Å²) in [5.41, 5.74) is 1.93. The van der Waals surface area contributed by atoms with Crippen LogP contribution in [-0.2, 0) is 14.3 Å². The molecule has 4 fully saturated rings. The molecule has 0 spiro atoms. The van der Waals surface area contributed by atoms with Gasteiger partial charge in [0, 0.05) is 54.2 Å². The van der Waals surface area contributed by atoms with Crippen molar-refractivity contribution < 1.29 is 34.4 Å². The van der Waals surface area contributed by atoms with Crippen molar-refractivity contribution in [2.75, 3.05) is 44.4 Å². The number of fused-ring (bicyclic) bond motifs is 6. The number of morpholine rings is 1. The lowest BCUT2D eigenvalue weighted by molar-refractivity contribution is -0.123. The number of aromatic nitrogens is 2. The maximum absolute atomic E-state index is 10.5. The lowest BCUT2D eigenvalue weighted by Crippen LogP contribution is -2.51. The van der Waals surface area contributed by atoms with Gasteiger partial charge in [0.15, 0.2) is 5.82 Å². The minimum absolute atomic E-state index is 0.250. The first-order valence-corrected chi connectivity index (χ1v) is 16.5. The number of hydrogen-bond donors (Lipinski definition) is 4. The molecule has 4 aliphatic heterocycles. The van der Waals surface area contributed by atoms with E-state index in [4.69, 9.17) is 39.2 Å². The van der Waals surface area contributed by atoms with Gasteiger partial charge in [0.2, 0.25) is 0 Å². The number of nitrogens with zero attached hydrogens (tertiary/aromatic N) is 4. The van der Waals surface area contributed by atoms with Crippen molar-refractivity contribution in [3.63, 3.8) is 0 Å². The zero-order chi connectivity index (χ0) is 32.0. The smallest absolute Gasteiger partial charge is 0.319 e. The van der Waals surface area contributed by atoms with E-state index in [0.29, 0.717) is 36.8 Å². The molecule has 0 radical (unpaired) electrons. The zero-order valence-corrected chi connectivity index (χ0v) is 26.3. The van der Waals surface area contributed by atoms with Gasteiger partial charge >= 0.3 is 6.01 Å². The van der Waals surface area contributed by atoms with Crippen LogP contribution in [0.1, 0.15) is 32.1 Å². The van der Waals surface area contributed by atoms with Crippen LogP contribution in [0.2, 0.25) is 0 Å². The molecule has 4 aromatic rings. The highest BCUT2D eigenvalue weighted by Crippen LogP contribution is 2.42. The van der Waals surface area contributed by atoms with E-state index in [9.17, 15) is 5.11 Å². The van der Waals surface area contributed by atoms with Crippen LogP contribution < -0.4 is 15.0 Å². The summed E-state index contributed by atoms with van der Waals surface area (Å²) in [5.74, 6) is 1.25. The number of anilines is 1. The SMILES string of the molecule is O=CO.O=CO.Oc1cc(-c2cc3nc(OCCCN4C5CCC4COC5)nc(N4C[C@H]5CC[C@@H](C4)N5)c3s2)c2ccccc2c1. The molecule has 4 N–H and O–H groups in total. The molecule has 2 aromatic heterocycles. The van der Waals surface area contributed by atoms with E-state index in [1.165, 1.54) is 25.7 Å². The number of phenolic OH excluding ortho intramolecular Hbond substituents is 1. The van der Waals surface area contributed by atoms with Gasteiger partial charge < -0.3 is 35.0 Å². The number of rotatable bonds is 7. The molecule has 46 heavy (non-hydrogen) atoms. The average molecular weight is 650 g/mol. The summed E-state index contributed by atoms with van der Waals surface area (Å²) in [6.45, 7) is 4.75. The Morgan fingerprint density at radius 3 is 2.39 bits per heavy atom. The molecular weight excluding hydrogens is 610 g/mol. The normalized spacial score (nSPS) is 23.3. The van der Waals surface area contributed by atoms with Crippen LogP contribution in [-0.4, -0.2) is 107 Å². The Bertz CT molecular complexity index is 1630. The van der Waals surface area contributed by atoms with Gasteiger partial charge in [-0.1, -0.05) is 24.3 Å². The fraction of sp³-hybridized carbons (Fsp3) is 0.455. The molecule has 2 unspecified atom stereocenters. The van der Waals surface area contributed by atoms with Crippen LogP contribution >= 0.6 is 11.3 Å². The summed E-state index contributed by atoms with van der Waals surface area (Å²) in [7, 11) is 0. The van der Waals surface area contributed by atoms with E-state index >= 15 is 0 Å². The van der Waals surface area contributed by atoms with Gasteiger partial charge in [-0.15, -0.1) is 11.3 Å². The second kappa shape index (κ2) is 14.6. The van der Waals surface area contributed by atoms with Gasteiger partial charge in [0.1, 0.15) is 5.75 Å². The number of benzene rings is 2. The standard InChI is InChI=1S/C31H35N5O3S.2CH2O2/c37-24-12-19-4-1-2-5-25(19)26(13-24)28-14-27-29(40-28)30(35-15-20-6-7-21(16-35)32-20)34-31(33-27)39-11-3-10-36-22-8-9-23(36)18-38-17-22;2*2-1-3/h1-2,4-5,12-14,20-23,32,37H,3,6-11,15-18H2;2*1H,(H,2,3)/t20-,21+,22?,23?;;. The van der Waals surface area contributed by atoms with E-state index in [-0.39, 0.29) is 18.7 Å². The van der Waals surface area contributed by atoms with Crippen LogP contribution in [0.5, 0.6) is 11.8 Å². The van der Waals surface area contributed by atoms with Gasteiger partial charge in [-0.05, 0) is 61.1 Å². The topological polar surface area (TPSA) is 158 Å². The Morgan fingerprint density at radius 2 is 1.67 bits per heavy atom. The van der Waals surface area contributed by atoms with Gasteiger partial charge in [-0.2, -0.15) is 9.97 Å². The van der Waals surface area contributed by atoms with Crippen molar-refractivity contribution in [1.29, 1.82) is 0 Å². The lowest BCUT2D eigenvalue weighted by atomic mass is 10.0. The van der Waals surface area contributed by atoms with Crippen molar-refractivity contribution in [2.45, 2.75) is 56.3 Å². The van der Waals surface area contributed by atoms with E-state index in [1.54, 1.807) is 11.3 Å². The number of aromatic hydroxyl groups is 1. The second-order valence-corrected chi connectivity index (χ2v) is 13.0. The number of hydrogen-bond acceptors (Lipinski definition) is 11. The lowest BCUT2D eigenvalue weighted by Gasteiger charge is -2.34. The highest BCUT2D eigenvalue weighted by Gasteiger charge is 2.37. The van der Waals surface area contributed by atoms with E-state index in [1.807, 2.05) is 30.3 Å². The van der Waals surface area contributed by atoms with Crippen LogP contribution in [0, 0.1) is 0 Å². The van der Waals surface area contributed by atoms with Crippen molar-refractivity contribution in [3.05, 3.63) is 42.5 Å². The Morgan fingerprint density at radius 1 is 0.978 bits per heavy atom. The predicted molar refractivity (Wildman–Crippen MR) is 176 cm³/mol. The van der Waals surface area contributed by atoms with Crippen molar-refractivity contribution in [2.24, 2.45) is 0 Å². The minimum atomic E-state index is -0.250. The monoisotopic (exact) mass is 649 g/mol. The number of carboxylic acid groups (broad SMARTS) is 2. The molecule has 12 nitrogen and oxygen atoms in total. The van der Waals surface area contributed by atoms with Gasteiger partial charge in [0.25, 0.3) is 12.9 Å². The Kier molecular flexibility index (Phi) is 10.1. The first kappa shape index (κ1) is 31.9. The van der Waals surface area contributed by atoms with Gasteiger partial charge in [-0.25, -0.2) is 0 Å². The quantitative estimate of drug-likeness (QED) is 0.167. The molecular formula is C33H39N5O7S. The number of thiophene rings is 1. The van der Waals surface area contributed by atoms with E-state index < -0.39 is 0 Å². The highest BCUT2D eigenvalue weighted by atomic mass is 32.1. The summed E-state index contributed by atoms with van der Waals surface area (Å²) in [6, 6.07) is 16.6. The first-order chi connectivity index (χ1) is 22.5. The number of nitrogens with one attached hydrogen (secondary N) is 1. The highest BCUT2D eigenvalue weighted by molar-refractivity contribution is 7.22. The zero-order valence-electron chi connectivity index (χ0n) is 25.5. The summed E-state index contributed by atoms with van der Waals surface area (Å²) in [5, 5.41) is 30.2. The van der Waals surface area contributed by atoms with Gasteiger partial charge in [0.05, 0.1) is 30.0 Å². The third-order valence-electron chi connectivity index (χ3n) is 9.14. The number of carbonyl (C=O) groups is 2. The second-order valence-electron chi connectivity index (χ2n) is 12.0. The van der Waals surface area contributed by atoms with Crippen LogP contribution in [0.3, 0.4) is 0 Å². The van der Waals surface area contributed by atoms with E-state index in [0.717, 1.165) is 76.5 Å². The van der Waals surface area contributed by atoms with Crippen molar-refractivity contribution >= 4 is 51.1 Å². The van der Waals surface area contributed by atoms with Crippen LogP contribution in [0.25, 0.3) is 31.4 Å². The molecule has 4 saturated heterocycles. The molecule has 4 bridgehead atoms. The van der Waals surface area contributed by atoms with Crippen molar-refractivity contribution in [3.8, 4) is 22.2 Å². The Hall–Kier alpha value is -4.04. The number of piperazine rings is 1. The van der Waals surface area contributed by atoms with Crippen LogP contribution in [0.4, 0.5) is 5.82 Å². The number of ether oxygens (including phenoxy) is 2. The first-order valence-electron chi connectivity index (χ1n) is 15.7. The van der Waals surface area contributed by atoms with Crippen molar-refractivity contribution in [1.82, 2.24) is 20.2 Å². The minimum Gasteiger partial charge on any atom is -0.508 e. The summed E-state index contributed by atoms with van der Waals surface area (Å²) < 4.78 is 13.1. The Balaban J connectivity index is 0.000000577. The molecule has 4 atom stereocenters. The number of phenols is 1. The van der Waals surface area contributed by atoms with Crippen LogP contribution in [0.15, 0.2) is 42.5 Å². The molecule has 0 amide bonds. The maximum atomic E-state index is 10.5. The molecule has 4 aliphatic rings. The third kappa shape index (κ3) is 6.87.